The Morgan fingerprint density at radius 2 is 1.12 bits per heavy atom. The normalized spacial score (nSPS) is 45.8. The fourth-order valence-electron chi connectivity index (χ4n) is 5.87. The third-order valence-corrected chi connectivity index (χ3v) is 7.22. The predicted molar refractivity (Wildman–Crippen MR) is 93.6 cm³/mol. The van der Waals surface area contributed by atoms with Crippen LogP contribution in [-0.2, 0) is 4.74 Å². The molecule has 0 amide bonds. The van der Waals surface area contributed by atoms with E-state index in [2.05, 4.69) is 0 Å². The van der Waals surface area contributed by atoms with Crippen molar-refractivity contribution in [3.8, 4) is 0 Å². The molecule has 0 bridgehead atoms. The van der Waals surface area contributed by atoms with Crippen molar-refractivity contribution < 1.29 is 20.1 Å². The van der Waals surface area contributed by atoms with Crippen LogP contribution in [-0.4, -0.2) is 46.8 Å². The molecule has 0 aromatic heterocycles. The van der Waals surface area contributed by atoms with Gasteiger partial charge >= 0.3 is 0 Å². The summed E-state index contributed by atoms with van der Waals surface area (Å²) in [6, 6.07) is 0. The smallest absolute Gasteiger partial charge is 0.0832 e. The van der Waals surface area contributed by atoms with Crippen molar-refractivity contribution in [3.05, 3.63) is 0 Å². The van der Waals surface area contributed by atoms with Gasteiger partial charge in [0.1, 0.15) is 0 Å². The van der Waals surface area contributed by atoms with Gasteiger partial charge in [-0.25, -0.2) is 0 Å². The molecule has 0 saturated heterocycles. The zero-order chi connectivity index (χ0) is 17.1. The Morgan fingerprint density at radius 3 is 1.58 bits per heavy atom. The van der Waals surface area contributed by atoms with Gasteiger partial charge in [0, 0.05) is 7.11 Å². The van der Waals surface area contributed by atoms with E-state index in [0.29, 0.717) is 23.7 Å². The Labute approximate surface area is 146 Å². The zero-order valence-corrected chi connectivity index (χ0v) is 15.1. The number of ether oxygens (including phenoxy) is 1. The van der Waals surface area contributed by atoms with Gasteiger partial charge in [-0.2, -0.15) is 0 Å². The molecule has 0 aromatic carbocycles. The number of methoxy groups -OCH3 is 1. The summed E-state index contributed by atoms with van der Waals surface area (Å²) < 4.78 is 5.56. The average Bonchev–Trinajstić information content (AvgIpc) is 2.60. The number of aliphatic hydroxyl groups excluding tert-OH is 3. The van der Waals surface area contributed by atoms with Crippen LogP contribution in [0.25, 0.3) is 0 Å². The van der Waals surface area contributed by atoms with Gasteiger partial charge in [-0.05, 0) is 94.3 Å². The molecule has 3 fully saturated rings. The molecule has 3 saturated carbocycles. The Balaban J connectivity index is 1.71. The first-order valence-corrected chi connectivity index (χ1v) is 10.2. The Bertz CT molecular complexity index is 350. The van der Waals surface area contributed by atoms with Crippen molar-refractivity contribution in [1.29, 1.82) is 0 Å². The minimum Gasteiger partial charge on any atom is -0.393 e. The lowest BCUT2D eigenvalue weighted by molar-refractivity contribution is -0.0755. The average molecular weight is 341 g/mol. The molecule has 140 valence electrons. The lowest BCUT2D eigenvalue weighted by Gasteiger charge is -2.46. The van der Waals surface area contributed by atoms with E-state index in [4.69, 9.17) is 4.74 Å². The fourth-order valence-corrected chi connectivity index (χ4v) is 5.87. The van der Waals surface area contributed by atoms with Gasteiger partial charge in [-0.1, -0.05) is 0 Å². The van der Waals surface area contributed by atoms with Crippen molar-refractivity contribution in [2.75, 3.05) is 7.11 Å². The summed E-state index contributed by atoms with van der Waals surface area (Å²) in [5.41, 5.74) is 0. The number of hydrogen-bond donors (Lipinski definition) is 3. The summed E-state index contributed by atoms with van der Waals surface area (Å²) in [6.07, 6.45) is 10.7. The second-order valence-electron chi connectivity index (χ2n) is 8.63. The summed E-state index contributed by atoms with van der Waals surface area (Å²) in [4.78, 5) is 0. The standard InChI is InChI=1S/C20H36O4/c1-24-19-12-15(6-11-18(19)23)20(13-2-7-16(21)8-3-13)14-4-9-17(22)10-5-14/h13-23H,2-12H2,1H3. The van der Waals surface area contributed by atoms with Crippen molar-refractivity contribution in [3.63, 3.8) is 0 Å². The van der Waals surface area contributed by atoms with Crippen molar-refractivity contribution in [1.82, 2.24) is 0 Å². The maximum atomic E-state index is 10.2. The third-order valence-electron chi connectivity index (χ3n) is 7.22. The van der Waals surface area contributed by atoms with Gasteiger partial charge in [-0.15, -0.1) is 0 Å². The van der Waals surface area contributed by atoms with Gasteiger partial charge in [0.2, 0.25) is 0 Å². The van der Waals surface area contributed by atoms with E-state index in [9.17, 15) is 15.3 Å². The summed E-state index contributed by atoms with van der Waals surface area (Å²) in [5, 5.41) is 30.0. The minimum atomic E-state index is -0.312. The summed E-state index contributed by atoms with van der Waals surface area (Å²) in [5.74, 6) is 2.70. The van der Waals surface area contributed by atoms with Crippen LogP contribution in [0, 0.1) is 23.7 Å². The molecule has 0 spiro atoms. The molecule has 4 nitrogen and oxygen atoms in total. The highest BCUT2D eigenvalue weighted by Crippen LogP contribution is 2.47. The summed E-state index contributed by atoms with van der Waals surface area (Å²) >= 11 is 0. The zero-order valence-electron chi connectivity index (χ0n) is 15.1. The quantitative estimate of drug-likeness (QED) is 0.736. The van der Waals surface area contributed by atoms with Crippen LogP contribution in [0.2, 0.25) is 0 Å². The van der Waals surface area contributed by atoms with Crippen LogP contribution >= 0.6 is 0 Å². The van der Waals surface area contributed by atoms with Crippen LogP contribution < -0.4 is 0 Å². The molecule has 0 heterocycles. The molecule has 0 aromatic rings. The molecule has 3 atom stereocenters. The first-order valence-electron chi connectivity index (χ1n) is 10.2. The second kappa shape index (κ2) is 8.48. The third kappa shape index (κ3) is 4.32. The Kier molecular flexibility index (Phi) is 6.58. The number of aliphatic hydroxyl groups is 3. The van der Waals surface area contributed by atoms with E-state index in [0.717, 1.165) is 70.6 Å². The minimum absolute atomic E-state index is 0.0189. The van der Waals surface area contributed by atoms with Crippen LogP contribution in [0.1, 0.15) is 70.6 Å². The van der Waals surface area contributed by atoms with Gasteiger partial charge < -0.3 is 20.1 Å². The molecule has 3 aliphatic carbocycles. The molecular weight excluding hydrogens is 304 g/mol. The van der Waals surface area contributed by atoms with Crippen molar-refractivity contribution >= 4 is 0 Å². The molecule has 3 aliphatic rings. The van der Waals surface area contributed by atoms with E-state index >= 15 is 0 Å². The van der Waals surface area contributed by atoms with E-state index in [1.165, 1.54) is 0 Å². The first-order chi connectivity index (χ1) is 11.6. The monoisotopic (exact) mass is 340 g/mol. The molecule has 3 unspecified atom stereocenters. The first kappa shape index (κ1) is 18.6. The highest BCUT2D eigenvalue weighted by atomic mass is 16.5. The van der Waals surface area contributed by atoms with Gasteiger partial charge in [0.25, 0.3) is 0 Å². The van der Waals surface area contributed by atoms with Crippen LogP contribution in [0.3, 0.4) is 0 Å². The van der Waals surface area contributed by atoms with E-state index < -0.39 is 0 Å². The maximum absolute atomic E-state index is 10.2. The predicted octanol–water partition coefficient (Wildman–Crippen LogP) is 2.88. The van der Waals surface area contributed by atoms with Crippen LogP contribution in [0.4, 0.5) is 0 Å². The molecule has 0 radical (unpaired) electrons. The molecular formula is C20H36O4. The molecule has 3 N–H and O–H groups in total. The lowest BCUT2D eigenvalue weighted by Crippen LogP contribution is -2.43. The SMILES string of the molecule is COC1CC(C(C2CCC(O)CC2)C2CCC(O)CC2)CCC1O. The molecule has 4 heteroatoms. The fraction of sp³-hybridized carbons (Fsp3) is 1.00. The highest BCUT2D eigenvalue weighted by Gasteiger charge is 2.42. The molecule has 0 aliphatic heterocycles. The Morgan fingerprint density at radius 1 is 0.667 bits per heavy atom. The maximum Gasteiger partial charge on any atom is 0.0832 e. The lowest BCUT2D eigenvalue weighted by atomic mass is 9.61. The molecule has 3 rings (SSSR count). The highest BCUT2D eigenvalue weighted by molar-refractivity contribution is 4.92. The number of rotatable bonds is 4. The van der Waals surface area contributed by atoms with E-state index in [1.54, 1.807) is 7.11 Å². The van der Waals surface area contributed by atoms with Crippen molar-refractivity contribution in [2.45, 2.75) is 95.0 Å². The Hall–Kier alpha value is -0.160. The van der Waals surface area contributed by atoms with Gasteiger partial charge in [-0.3, -0.25) is 0 Å². The summed E-state index contributed by atoms with van der Waals surface area (Å²) in [7, 11) is 1.72. The van der Waals surface area contributed by atoms with Crippen LogP contribution in [0.15, 0.2) is 0 Å². The van der Waals surface area contributed by atoms with Crippen molar-refractivity contribution in [2.24, 2.45) is 23.7 Å². The number of hydrogen-bond acceptors (Lipinski definition) is 4. The largest absolute Gasteiger partial charge is 0.393 e. The topological polar surface area (TPSA) is 69.9 Å². The summed E-state index contributed by atoms with van der Waals surface area (Å²) in [6.45, 7) is 0. The van der Waals surface area contributed by atoms with E-state index in [1.807, 2.05) is 0 Å². The second-order valence-corrected chi connectivity index (χ2v) is 8.63. The van der Waals surface area contributed by atoms with Gasteiger partial charge in [0.15, 0.2) is 0 Å². The van der Waals surface area contributed by atoms with Gasteiger partial charge in [0.05, 0.1) is 24.4 Å². The van der Waals surface area contributed by atoms with Crippen LogP contribution in [0.5, 0.6) is 0 Å². The molecule has 24 heavy (non-hydrogen) atoms. The van der Waals surface area contributed by atoms with E-state index in [-0.39, 0.29) is 24.4 Å².